The minimum Gasteiger partial charge on any atom is -0.392 e. The van der Waals surface area contributed by atoms with Crippen LogP contribution < -0.4 is 0 Å². The molecule has 1 aliphatic rings. The van der Waals surface area contributed by atoms with Crippen LogP contribution in [0.5, 0.6) is 0 Å². The Balaban J connectivity index is 1.48. The fourth-order valence-electron chi connectivity index (χ4n) is 3.35. The van der Waals surface area contributed by atoms with Crippen molar-refractivity contribution in [2.75, 3.05) is 13.2 Å². The van der Waals surface area contributed by atoms with Gasteiger partial charge in [-0.1, -0.05) is 60.7 Å². The van der Waals surface area contributed by atoms with E-state index in [4.69, 9.17) is 9.47 Å². The van der Waals surface area contributed by atoms with Gasteiger partial charge in [0.15, 0.2) is 6.29 Å². The summed E-state index contributed by atoms with van der Waals surface area (Å²) in [6.45, 7) is 1.52. The van der Waals surface area contributed by atoms with Crippen molar-refractivity contribution < 1.29 is 14.6 Å². The highest BCUT2D eigenvalue weighted by Gasteiger charge is 2.18. The predicted molar refractivity (Wildman–Crippen MR) is 121 cm³/mol. The number of unbranched alkanes of at least 4 members (excludes halogenated alkanes) is 1. The molecule has 1 saturated heterocycles. The van der Waals surface area contributed by atoms with Crippen molar-refractivity contribution in [1.29, 1.82) is 0 Å². The van der Waals surface area contributed by atoms with E-state index in [0.29, 0.717) is 6.61 Å². The number of aliphatic hydroxyl groups excluding tert-OH is 1. The number of thioether (sulfide) groups is 1. The molecule has 0 bridgehead atoms. The van der Waals surface area contributed by atoms with E-state index in [9.17, 15) is 5.11 Å². The van der Waals surface area contributed by atoms with Crippen LogP contribution in [0.1, 0.15) is 44.1 Å². The molecule has 2 aromatic rings. The summed E-state index contributed by atoms with van der Waals surface area (Å²) in [5.41, 5.74) is 1.15. The standard InChI is InChI=1S/C25H32O3S/c26-23(15-7-9-19-27-25-16-8-10-20-28-25)24(29-22-13-5-2-6-14-22)18-17-21-11-3-1-4-12-21/h1-6,11-14,17-18,23-26H,7-10,15-16,19-20H2/b18-17-/t23-,24+,25?/m0/s1. The molecule has 3 atom stereocenters. The zero-order valence-electron chi connectivity index (χ0n) is 17.0. The van der Waals surface area contributed by atoms with Gasteiger partial charge < -0.3 is 14.6 Å². The zero-order valence-corrected chi connectivity index (χ0v) is 17.8. The highest BCUT2D eigenvalue weighted by atomic mass is 32.2. The zero-order chi connectivity index (χ0) is 20.2. The Morgan fingerprint density at radius 2 is 1.79 bits per heavy atom. The summed E-state index contributed by atoms with van der Waals surface area (Å²) < 4.78 is 11.4. The van der Waals surface area contributed by atoms with Crippen molar-refractivity contribution in [3.8, 4) is 0 Å². The summed E-state index contributed by atoms with van der Waals surface area (Å²) in [4.78, 5) is 1.17. The van der Waals surface area contributed by atoms with Crippen LogP contribution >= 0.6 is 11.8 Å². The first kappa shape index (κ1) is 22.1. The number of benzene rings is 2. The Morgan fingerprint density at radius 1 is 1.03 bits per heavy atom. The normalized spacial score (nSPS) is 19.3. The second-order valence-corrected chi connectivity index (χ2v) is 8.65. The molecular weight excluding hydrogens is 380 g/mol. The molecule has 1 aliphatic heterocycles. The average Bonchev–Trinajstić information content (AvgIpc) is 2.78. The van der Waals surface area contributed by atoms with E-state index in [-0.39, 0.29) is 11.5 Å². The van der Waals surface area contributed by atoms with Gasteiger partial charge in [-0.3, -0.25) is 0 Å². The van der Waals surface area contributed by atoms with E-state index < -0.39 is 6.10 Å². The Kier molecular flexibility index (Phi) is 9.80. The number of rotatable bonds is 11. The highest BCUT2D eigenvalue weighted by molar-refractivity contribution is 8.00. The van der Waals surface area contributed by atoms with E-state index in [1.54, 1.807) is 11.8 Å². The summed E-state index contributed by atoms with van der Waals surface area (Å²) in [7, 11) is 0. The Labute approximate surface area is 179 Å². The van der Waals surface area contributed by atoms with E-state index in [0.717, 1.165) is 44.3 Å². The summed E-state index contributed by atoms with van der Waals surface area (Å²) in [5, 5.41) is 10.9. The van der Waals surface area contributed by atoms with E-state index in [2.05, 4.69) is 36.4 Å². The number of aliphatic hydroxyl groups is 1. The quantitative estimate of drug-likeness (QED) is 0.366. The molecule has 1 N–H and O–H groups in total. The fourth-order valence-corrected chi connectivity index (χ4v) is 4.43. The maximum Gasteiger partial charge on any atom is 0.157 e. The molecule has 3 nitrogen and oxygen atoms in total. The van der Waals surface area contributed by atoms with Crippen LogP contribution in [0.4, 0.5) is 0 Å². The molecule has 4 heteroatoms. The lowest BCUT2D eigenvalue weighted by molar-refractivity contribution is -0.162. The second-order valence-electron chi connectivity index (χ2n) is 7.40. The van der Waals surface area contributed by atoms with Crippen LogP contribution in [0.3, 0.4) is 0 Å². The lowest BCUT2D eigenvalue weighted by Gasteiger charge is -2.23. The molecule has 1 heterocycles. The summed E-state index contributed by atoms with van der Waals surface area (Å²) in [6, 6.07) is 20.5. The highest BCUT2D eigenvalue weighted by Crippen LogP contribution is 2.28. The van der Waals surface area contributed by atoms with Gasteiger partial charge in [0.05, 0.1) is 11.4 Å². The third-order valence-electron chi connectivity index (χ3n) is 5.01. The lowest BCUT2D eigenvalue weighted by atomic mass is 10.1. The lowest BCUT2D eigenvalue weighted by Crippen LogP contribution is -2.23. The van der Waals surface area contributed by atoms with E-state index in [1.807, 2.05) is 36.4 Å². The number of hydrogen-bond acceptors (Lipinski definition) is 4. The number of hydrogen-bond donors (Lipinski definition) is 1. The molecule has 0 amide bonds. The maximum atomic E-state index is 10.9. The Hall–Kier alpha value is -1.59. The van der Waals surface area contributed by atoms with Gasteiger partial charge in [-0.05, 0) is 56.2 Å². The molecule has 0 spiro atoms. The van der Waals surface area contributed by atoms with Gasteiger partial charge in [0.25, 0.3) is 0 Å². The fraction of sp³-hybridized carbons (Fsp3) is 0.440. The van der Waals surface area contributed by atoms with Gasteiger partial charge in [-0.15, -0.1) is 11.8 Å². The molecule has 29 heavy (non-hydrogen) atoms. The third kappa shape index (κ3) is 8.35. The minimum atomic E-state index is -0.397. The molecule has 1 fully saturated rings. The largest absolute Gasteiger partial charge is 0.392 e. The number of ether oxygens (including phenoxy) is 2. The van der Waals surface area contributed by atoms with Crippen molar-refractivity contribution in [2.45, 2.75) is 61.1 Å². The Morgan fingerprint density at radius 3 is 2.52 bits per heavy atom. The van der Waals surface area contributed by atoms with Crippen molar-refractivity contribution in [3.05, 3.63) is 72.3 Å². The first-order chi connectivity index (χ1) is 14.3. The molecular formula is C25H32O3S. The van der Waals surface area contributed by atoms with E-state index in [1.165, 1.54) is 11.3 Å². The summed E-state index contributed by atoms with van der Waals surface area (Å²) in [5.74, 6) is 0. The molecule has 3 rings (SSSR count). The maximum absolute atomic E-state index is 10.9. The van der Waals surface area contributed by atoms with Crippen molar-refractivity contribution in [2.24, 2.45) is 0 Å². The average molecular weight is 413 g/mol. The van der Waals surface area contributed by atoms with Crippen LogP contribution in [0.25, 0.3) is 6.08 Å². The van der Waals surface area contributed by atoms with E-state index >= 15 is 0 Å². The SMILES string of the molecule is O[C@@H](CCCCOC1CCCCO1)[C@@H](/C=C\c1ccccc1)Sc1ccccc1. The third-order valence-corrected chi connectivity index (χ3v) is 6.30. The molecule has 0 saturated carbocycles. The first-order valence-corrected chi connectivity index (χ1v) is 11.6. The summed E-state index contributed by atoms with van der Waals surface area (Å²) in [6.07, 6.45) is 9.80. The Bertz CT molecular complexity index is 699. The van der Waals surface area contributed by atoms with Crippen molar-refractivity contribution in [3.63, 3.8) is 0 Å². The van der Waals surface area contributed by atoms with Crippen molar-refractivity contribution >= 4 is 17.8 Å². The van der Waals surface area contributed by atoms with Gasteiger partial charge in [0.1, 0.15) is 0 Å². The smallest absolute Gasteiger partial charge is 0.157 e. The van der Waals surface area contributed by atoms with Gasteiger partial charge in [-0.2, -0.15) is 0 Å². The minimum absolute atomic E-state index is 0.0141. The first-order valence-electron chi connectivity index (χ1n) is 10.7. The molecule has 0 radical (unpaired) electrons. The van der Waals surface area contributed by atoms with Crippen LogP contribution in [-0.2, 0) is 9.47 Å². The second kappa shape index (κ2) is 12.9. The predicted octanol–water partition coefficient (Wildman–Crippen LogP) is 5.94. The topological polar surface area (TPSA) is 38.7 Å². The van der Waals surface area contributed by atoms with Crippen LogP contribution in [-0.4, -0.2) is 36.0 Å². The van der Waals surface area contributed by atoms with Gasteiger partial charge in [0.2, 0.25) is 0 Å². The van der Waals surface area contributed by atoms with Gasteiger partial charge >= 0.3 is 0 Å². The molecule has 1 unspecified atom stereocenters. The van der Waals surface area contributed by atoms with Crippen LogP contribution in [0, 0.1) is 0 Å². The molecule has 0 aliphatic carbocycles. The van der Waals surface area contributed by atoms with Gasteiger partial charge in [0, 0.05) is 18.1 Å². The van der Waals surface area contributed by atoms with Gasteiger partial charge in [-0.25, -0.2) is 0 Å². The molecule has 2 aromatic carbocycles. The monoisotopic (exact) mass is 412 g/mol. The summed E-state index contributed by atoms with van der Waals surface area (Å²) >= 11 is 1.71. The van der Waals surface area contributed by atoms with Crippen LogP contribution in [0.2, 0.25) is 0 Å². The molecule has 156 valence electrons. The van der Waals surface area contributed by atoms with Crippen molar-refractivity contribution in [1.82, 2.24) is 0 Å². The molecule has 0 aromatic heterocycles. The van der Waals surface area contributed by atoms with Crippen LogP contribution in [0.15, 0.2) is 71.6 Å².